The Kier molecular flexibility index (Phi) is 2.32. The summed E-state index contributed by atoms with van der Waals surface area (Å²) in [5.74, 6) is 1.06. The molecule has 6 heteroatoms. The van der Waals surface area contributed by atoms with Crippen LogP contribution in [0.1, 0.15) is 23.9 Å². The highest BCUT2D eigenvalue weighted by Crippen LogP contribution is 2.26. The molecule has 2 rings (SSSR count). The molecular formula is C8H12N2O3S. The summed E-state index contributed by atoms with van der Waals surface area (Å²) in [4.78, 5) is 6.97. The normalized spacial score (nSPS) is 25.4. The summed E-state index contributed by atoms with van der Waals surface area (Å²) in [5, 5.41) is 8.81. The van der Waals surface area contributed by atoms with Crippen LogP contribution in [0.3, 0.4) is 0 Å². The van der Waals surface area contributed by atoms with Crippen molar-refractivity contribution in [1.29, 1.82) is 0 Å². The molecule has 1 unspecified atom stereocenters. The average molecular weight is 216 g/mol. The van der Waals surface area contributed by atoms with Gasteiger partial charge in [0.05, 0.1) is 30.0 Å². The van der Waals surface area contributed by atoms with Crippen LogP contribution in [0, 0.1) is 0 Å². The Balaban J connectivity index is 2.17. The Morgan fingerprint density at radius 3 is 2.93 bits per heavy atom. The number of aliphatic hydroxyl groups is 1. The quantitative estimate of drug-likeness (QED) is 0.717. The Labute approximate surface area is 82.1 Å². The summed E-state index contributed by atoms with van der Waals surface area (Å²) < 4.78 is 22.4. The number of hydrogen-bond donors (Lipinski definition) is 2. The number of imidazole rings is 1. The lowest BCUT2D eigenvalue weighted by Crippen LogP contribution is -2.05. The van der Waals surface area contributed by atoms with E-state index in [1.54, 1.807) is 6.20 Å². The van der Waals surface area contributed by atoms with E-state index in [1.165, 1.54) is 0 Å². The monoisotopic (exact) mass is 216 g/mol. The predicted octanol–water partition coefficient (Wildman–Crippen LogP) is -0.196. The largest absolute Gasteiger partial charge is 0.390 e. The zero-order chi connectivity index (χ0) is 10.2. The molecule has 1 aromatic heterocycles. The molecule has 0 aromatic carbocycles. The SMILES string of the molecule is O=S1(=O)CCC(c2ncc(CO)[nH]2)C1. The van der Waals surface area contributed by atoms with Crippen LogP contribution in [0.2, 0.25) is 0 Å². The number of nitrogens with zero attached hydrogens (tertiary/aromatic N) is 1. The minimum Gasteiger partial charge on any atom is -0.390 e. The first-order valence-corrected chi connectivity index (χ1v) is 6.28. The predicted molar refractivity (Wildman–Crippen MR) is 50.5 cm³/mol. The summed E-state index contributed by atoms with van der Waals surface area (Å²) in [7, 11) is -2.86. The lowest BCUT2D eigenvalue weighted by Gasteiger charge is -2.01. The van der Waals surface area contributed by atoms with Crippen LogP contribution in [0.25, 0.3) is 0 Å². The van der Waals surface area contributed by atoms with Crippen molar-refractivity contribution in [3.63, 3.8) is 0 Å². The van der Waals surface area contributed by atoms with Gasteiger partial charge in [-0.3, -0.25) is 0 Å². The Bertz CT molecular complexity index is 424. The third-order valence-electron chi connectivity index (χ3n) is 2.44. The van der Waals surface area contributed by atoms with Crippen LogP contribution >= 0.6 is 0 Å². The van der Waals surface area contributed by atoms with Crippen LogP contribution in [0.4, 0.5) is 0 Å². The van der Waals surface area contributed by atoms with Gasteiger partial charge >= 0.3 is 0 Å². The Morgan fingerprint density at radius 1 is 1.64 bits per heavy atom. The zero-order valence-electron chi connectivity index (χ0n) is 7.60. The maximum atomic E-state index is 11.2. The molecule has 0 bridgehead atoms. The summed E-state index contributed by atoms with van der Waals surface area (Å²) in [6.45, 7) is -0.0908. The van der Waals surface area contributed by atoms with Gasteiger partial charge in [0.2, 0.25) is 0 Å². The van der Waals surface area contributed by atoms with Crippen molar-refractivity contribution in [1.82, 2.24) is 9.97 Å². The molecule has 1 aliphatic heterocycles. The molecule has 2 N–H and O–H groups in total. The maximum Gasteiger partial charge on any atom is 0.151 e. The lowest BCUT2D eigenvalue weighted by molar-refractivity contribution is 0.277. The molecule has 14 heavy (non-hydrogen) atoms. The van der Waals surface area contributed by atoms with E-state index < -0.39 is 9.84 Å². The van der Waals surface area contributed by atoms with Gasteiger partial charge in [0.1, 0.15) is 5.82 Å². The molecule has 0 saturated carbocycles. The fourth-order valence-corrected chi connectivity index (χ4v) is 3.42. The van der Waals surface area contributed by atoms with Crippen LogP contribution in [-0.2, 0) is 16.4 Å². The van der Waals surface area contributed by atoms with Crippen LogP contribution in [0.5, 0.6) is 0 Å². The second-order valence-electron chi connectivity index (χ2n) is 3.55. The minimum atomic E-state index is -2.86. The van der Waals surface area contributed by atoms with Crippen molar-refractivity contribution in [3.8, 4) is 0 Å². The van der Waals surface area contributed by atoms with Crippen molar-refractivity contribution in [3.05, 3.63) is 17.7 Å². The van der Waals surface area contributed by atoms with Gasteiger partial charge in [-0.2, -0.15) is 0 Å². The number of hydrogen-bond acceptors (Lipinski definition) is 4. The maximum absolute atomic E-state index is 11.2. The molecular weight excluding hydrogens is 204 g/mol. The minimum absolute atomic E-state index is 0.0275. The lowest BCUT2D eigenvalue weighted by atomic mass is 10.1. The molecule has 0 radical (unpaired) electrons. The van der Waals surface area contributed by atoms with Crippen molar-refractivity contribution in [2.75, 3.05) is 11.5 Å². The van der Waals surface area contributed by atoms with Gasteiger partial charge in [-0.25, -0.2) is 13.4 Å². The Morgan fingerprint density at radius 2 is 2.43 bits per heavy atom. The number of aromatic amines is 1. The molecule has 0 spiro atoms. The van der Waals surface area contributed by atoms with Crippen molar-refractivity contribution < 1.29 is 13.5 Å². The zero-order valence-corrected chi connectivity index (χ0v) is 8.42. The highest BCUT2D eigenvalue weighted by Gasteiger charge is 2.30. The van der Waals surface area contributed by atoms with Crippen molar-refractivity contribution in [2.24, 2.45) is 0 Å². The van der Waals surface area contributed by atoms with E-state index in [2.05, 4.69) is 9.97 Å². The molecule has 5 nitrogen and oxygen atoms in total. The second kappa shape index (κ2) is 3.36. The summed E-state index contributed by atoms with van der Waals surface area (Å²) in [5.41, 5.74) is 0.629. The molecule has 1 aliphatic rings. The van der Waals surface area contributed by atoms with Gasteiger partial charge in [0.25, 0.3) is 0 Å². The van der Waals surface area contributed by atoms with Gasteiger partial charge in [-0.05, 0) is 6.42 Å². The standard InChI is InChI=1S/C8H12N2O3S/c11-4-7-3-9-8(10-7)6-1-2-14(12,13)5-6/h3,6,11H,1-2,4-5H2,(H,9,10). The van der Waals surface area contributed by atoms with E-state index in [1.807, 2.05) is 0 Å². The number of rotatable bonds is 2. The first kappa shape index (κ1) is 9.67. The number of nitrogens with one attached hydrogen (secondary N) is 1. The fourth-order valence-electron chi connectivity index (χ4n) is 1.67. The van der Waals surface area contributed by atoms with Crippen LogP contribution < -0.4 is 0 Å². The third-order valence-corrected chi connectivity index (χ3v) is 4.21. The number of sulfone groups is 1. The summed E-state index contributed by atoms with van der Waals surface area (Å²) in [6.07, 6.45) is 2.17. The van der Waals surface area contributed by atoms with E-state index in [9.17, 15) is 8.42 Å². The van der Waals surface area contributed by atoms with Crippen molar-refractivity contribution in [2.45, 2.75) is 18.9 Å². The highest BCUT2D eigenvalue weighted by molar-refractivity contribution is 7.91. The first-order chi connectivity index (χ1) is 6.61. The van der Waals surface area contributed by atoms with E-state index >= 15 is 0 Å². The number of aromatic nitrogens is 2. The molecule has 1 aromatic rings. The number of aliphatic hydroxyl groups excluding tert-OH is 1. The Hall–Kier alpha value is -0.880. The topological polar surface area (TPSA) is 83.1 Å². The third kappa shape index (κ3) is 1.80. The number of H-pyrrole nitrogens is 1. The first-order valence-electron chi connectivity index (χ1n) is 4.46. The second-order valence-corrected chi connectivity index (χ2v) is 5.78. The van der Waals surface area contributed by atoms with Crippen molar-refractivity contribution >= 4 is 9.84 Å². The average Bonchev–Trinajstić information content (AvgIpc) is 2.70. The highest BCUT2D eigenvalue weighted by atomic mass is 32.2. The molecule has 1 fully saturated rings. The van der Waals surface area contributed by atoms with Gasteiger partial charge in [-0.1, -0.05) is 0 Å². The van der Waals surface area contributed by atoms with E-state index in [4.69, 9.17) is 5.11 Å². The molecule has 1 saturated heterocycles. The van der Waals surface area contributed by atoms with Gasteiger partial charge in [-0.15, -0.1) is 0 Å². The van der Waals surface area contributed by atoms with Gasteiger partial charge in [0.15, 0.2) is 9.84 Å². The molecule has 0 aliphatic carbocycles. The molecule has 2 heterocycles. The molecule has 78 valence electrons. The van der Waals surface area contributed by atoms with Gasteiger partial charge in [0, 0.05) is 5.92 Å². The van der Waals surface area contributed by atoms with E-state index in [0.717, 1.165) is 0 Å². The summed E-state index contributed by atoms with van der Waals surface area (Å²) in [6, 6.07) is 0. The van der Waals surface area contributed by atoms with Gasteiger partial charge < -0.3 is 10.1 Å². The fraction of sp³-hybridized carbons (Fsp3) is 0.625. The van der Waals surface area contributed by atoms with E-state index in [-0.39, 0.29) is 24.0 Å². The molecule has 1 atom stereocenters. The molecule has 0 amide bonds. The van der Waals surface area contributed by atoms with Crippen LogP contribution in [-0.4, -0.2) is 35.0 Å². The smallest absolute Gasteiger partial charge is 0.151 e. The summed E-state index contributed by atoms with van der Waals surface area (Å²) >= 11 is 0. The van der Waals surface area contributed by atoms with Crippen LogP contribution in [0.15, 0.2) is 6.20 Å². The van der Waals surface area contributed by atoms with E-state index in [0.29, 0.717) is 17.9 Å².